The summed E-state index contributed by atoms with van der Waals surface area (Å²) in [6.45, 7) is 4.78. The van der Waals surface area contributed by atoms with Gasteiger partial charge in [0.1, 0.15) is 0 Å². The van der Waals surface area contributed by atoms with Gasteiger partial charge in [0.05, 0.1) is 19.8 Å². The number of thiophene rings is 1. The number of carbonyl (C=O) groups is 1. The number of hydrogen-bond donors (Lipinski definition) is 1. The van der Waals surface area contributed by atoms with Gasteiger partial charge in [-0.3, -0.25) is 4.79 Å². The second-order valence-corrected chi connectivity index (χ2v) is 6.07. The van der Waals surface area contributed by atoms with E-state index in [2.05, 4.69) is 16.8 Å². The molecule has 0 radical (unpaired) electrons. The molecule has 0 atom stereocenters. The van der Waals surface area contributed by atoms with Crippen LogP contribution >= 0.6 is 11.3 Å². The summed E-state index contributed by atoms with van der Waals surface area (Å²) in [6.07, 6.45) is 1.90. The van der Waals surface area contributed by atoms with Crippen LogP contribution in [0.5, 0.6) is 0 Å². The Morgan fingerprint density at radius 2 is 2.33 bits per heavy atom. The van der Waals surface area contributed by atoms with Gasteiger partial charge in [0.15, 0.2) is 0 Å². The molecule has 1 aliphatic heterocycles. The monoisotopic (exact) mass is 312 g/mol. The SMILES string of the molecule is COCCOCCCNCC(=O)N1CCc2sccc2C1. The van der Waals surface area contributed by atoms with Crippen LogP contribution in [0, 0.1) is 0 Å². The highest BCUT2D eigenvalue weighted by Crippen LogP contribution is 2.23. The van der Waals surface area contributed by atoms with E-state index in [-0.39, 0.29) is 5.91 Å². The van der Waals surface area contributed by atoms with Crippen LogP contribution in [0.3, 0.4) is 0 Å². The lowest BCUT2D eigenvalue weighted by Gasteiger charge is -2.27. The molecule has 0 saturated heterocycles. The van der Waals surface area contributed by atoms with Crippen LogP contribution in [0.25, 0.3) is 0 Å². The van der Waals surface area contributed by atoms with Gasteiger partial charge < -0.3 is 19.7 Å². The molecule has 2 rings (SSSR count). The Hall–Kier alpha value is -0.950. The zero-order valence-corrected chi connectivity index (χ0v) is 13.4. The van der Waals surface area contributed by atoms with Crippen LogP contribution in [0.15, 0.2) is 11.4 Å². The summed E-state index contributed by atoms with van der Waals surface area (Å²) < 4.78 is 10.3. The minimum Gasteiger partial charge on any atom is -0.382 e. The highest BCUT2D eigenvalue weighted by molar-refractivity contribution is 7.10. The quantitative estimate of drug-likeness (QED) is 0.698. The Balaban J connectivity index is 1.54. The van der Waals surface area contributed by atoms with Gasteiger partial charge in [-0.15, -0.1) is 11.3 Å². The van der Waals surface area contributed by atoms with Gasteiger partial charge in [0.25, 0.3) is 0 Å². The summed E-state index contributed by atoms with van der Waals surface area (Å²) in [6, 6.07) is 2.13. The minimum atomic E-state index is 0.187. The number of carbonyl (C=O) groups excluding carboxylic acids is 1. The average Bonchev–Trinajstić information content (AvgIpc) is 2.97. The van der Waals surface area contributed by atoms with Crippen molar-refractivity contribution in [2.75, 3.05) is 46.6 Å². The summed E-state index contributed by atoms with van der Waals surface area (Å²) in [7, 11) is 1.66. The molecule has 1 aromatic heterocycles. The molecule has 6 heteroatoms. The molecule has 0 unspecified atom stereocenters. The van der Waals surface area contributed by atoms with Gasteiger partial charge in [-0.05, 0) is 36.4 Å². The highest BCUT2D eigenvalue weighted by atomic mass is 32.1. The Labute approximate surface area is 130 Å². The lowest BCUT2D eigenvalue weighted by molar-refractivity contribution is -0.131. The maximum absolute atomic E-state index is 12.1. The van der Waals surface area contributed by atoms with Gasteiger partial charge >= 0.3 is 0 Å². The third kappa shape index (κ3) is 5.39. The number of methoxy groups -OCH3 is 1. The fourth-order valence-corrected chi connectivity index (χ4v) is 3.20. The van der Waals surface area contributed by atoms with E-state index in [1.165, 1.54) is 10.4 Å². The molecule has 1 aromatic rings. The molecular formula is C15H24N2O3S. The predicted octanol–water partition coefficient (Wildman–Crippen LogP) is 1.28. The minimum absolute atomic E-state index is 0.187. The van der Waals surface area contributed by atoms with Gasteiger partial charge in [0, 0.05) is 31.7 Å². The first-order chi connectivity index (χ1) is 10.3. The highest BCUT2D eigenvalue weighted by Gasteiger charge is 2.20. The van der Waals surface area contributed by atoms with Crippen LogP contribution in [-0.4, -0.2) is 57.4 Å². The largest absolute Gasteiger partial charge is 0.382 e. The molecule has 1 N–H and O–H groups in total. The average molecular weight is 312 g/mol. The first kappa shape index (κ1) is 16.4. The van der Waals surface area contributed by atoms with Crippen molar-refractivity contribution >= 4 is 17.2 Å². The number of nitrogens with one attached hydrogen (secondary N) is 1. The van der Waals surface area contributed by atoms with Gasteiger partial charge in [0.2, 0.25) is 5.91 Å². The van der Waals surface area contributed by atoms with E-state index in [4.69, 9.17) is 9.47 Å². The summed E-state index contributed by atoms with van der Waals surface area (Å²) >= 11 is 1.80. The van der Waals surface area contributed by atoms with E-state index in [1.807, 2.05) is 4.90 Å². The number of amides is 1. The number of rotatable bonds is 9. The van der Waals surface area contributed by atoms with Crippen molar-refractivity contribution in [3.05, 3.63) is 21.9 Å². The first-order valence-electron chi connectivity index (χ1n) is 7.41. The van der Waals surface area contributed by atoms with Crippen LogP contribution in [0.1, 0.15) is 16.9 Å². The molecule has 1 aliphatic rings. The van der Waals surface area contributed by atoms with E-state index in [0.717, 1.165) is 32.5 Å². The normalized spacial score (nSPS) is 14.2. The molecule has 0 fully saturated rings. The van der Waals surface area contributed by atoms with Crippen molar-refractivity contribution in [3.63, 3.8) is 0 Å². The molecule has 0 aromatic carbocycles. The lowest BCUT2D eigenvalue weighted by Crippen LogP contribution is -2.41. The topological polar surface area (TPSA) is 50.8 Å². The van der Waals surface area contributed by atoms with Crippen molar-refractivity contribution in [2.24, 2.45) is 0 Å². The summed E-state index contributed by atoms with van der Waals surface area (Å²) in [5, 5.41) is 5.30. The van der Waals surface area contributed by atoms with E-state index in [0.29, 0.717) is 26.4 Å². The van der Waals surface area contributed by atoms with Crippen molar-refractivity contribution in [1.82, 2.24) is 10.2 Å². The van der Waals surface area contributed by atoms with Gasteiger partial charge in [-0.25, -0.2) is 0 Å². The van der Waals surface area contributed by atoms with E-state index in [1.54, 1.807) is 18.4 Å². The Kier molecular flexibility index (Phi) is 7.15. The number of nitrogens with zero attached hydrogens (tertiary/aromatic N) is 1. The first-order valence-corrected chi connectivity index (χ1v) is 8.29. The third-order valence-electron chi connectivity index (χ3n) is 3.51. The standard InChI is InChI=1S/C15H24N2O3S/c1-19-8-9-20-7-2-5-16-11-15(18)17-6-3-14-13(12-17)4-10-21-14/h4,10,16H,2-3,5-9,11-12H2,1H3. The Morgan fingerprint density at radius 1 is 1.43 bits per heavy atom. The van der Waals surface area contributed by atoms with Crippen LogP contribution in [0.4, 0.5) is 0 Å². The molecule has 118 valence electrons. The second-order valence-electron chi connectivity index (χ2n) is 5.07. The van der Waals surface area contributed by atoms with E-state index < -0.39 is 0 Å². The zero-order chi connectivity index (χ0) is 14.9. The van der Waals surface area contributed by atoms with Crippen LogP contribution < -0.4 is 5.32 Å². The fourth-order valence-electron chi connectivity index (χ4n) is 2.31. The molecule has 0 bridgehead atoms. The Bertz CT molecular complexity index is 436. The van der Waals surface area contributed by atoms with Crippen LogP contribution in [0.2, 0.25) is 0 Å². The van der Waals surface area contributed by atoms with Crippen molar-refractivity contribution in [1.29, 1.82) is 0 Å². The zero-order valence-electron chi connectivity index (χ0n) is 12.6. The molecule has 5 nitrogen and oxygen atoms in total. The van der Waals surface area contributed by atoms with E-state index >= 15 is 0 Å². The predicted molar refractivity (Wildman–Crippen MR) is 83.6 cm³/mol. The fraction of sp³-hybridized carbons (Fsp3) is 0.667. The maximum atomic E-state index is 12.1. The summed E-state index contributed by atoms with van der Waals surface area (Å²) in [4.78, 5) is 15.5. The van der Waals surface area contributed by atoms with Crippen molar-refractivity contribution in [3.8, 4) is 0 Å². The third-order valence-corrected chi connectivity index (χ3v) is 4.53. The number of ether oxygens (including phenoxy) is 2. The Morgan fingerprint density at radius 3 is 3.19 bits per heavy atom. The molecule has 2 heterocycles. The van der Waals surface area contributed by atoms with Crippen molar-refractivity contribution in [2.45, 2.75) is 19.4 Å². The smallest absolute Gasteiger partial charge is 0.236 e. The number of fused-ring (bicyclic) bond motifs is 1. The van der Waals surface area contributed by atoms with Gasteiger partial charge in [-0.2, -0.15) is 0 Å². The molecular weight excluding hydrogens is 288 g/mol. The molecule has 21 heavy (non-hydrogen) atoms. The summed E-state index contributed by atoms with van der Waals surface area (Å²) in [5.41, 5.74) is 1.31. The maximum Gasteiger partial charge on any atom is 0.236 e. The molecule has 0 aliphatic carbocycles. The van der Waals surface area contributed by atoms with E-state index in [9.17, 15) is 4.79 Å². The van der Waals surface area contributed by atoms with Crippen molar-refractivity contribution < 1.29 is 14.3 Å². The lowest BCUT2D eigenvalue weighted by atomic mass is 10.1. The molecule has 0 saturated carbocycles. The van der Waals surface area contributed by atoms with Crippen LogP contribution in [-0.2, 0) is 27.2 Å². The molecule has 0 spiro atoms. The second kappa shape index (κ2) is 9.15. The number of hydrogen-bond acceptors (Lipinski definition) is 5. The summed E-state index contributed by atoms with van der Waals surface area (Å²) in [5.74, 6) is 0.187. The van der Waals surface area contributed by atoms with Gasteiger partial charge in [-0.1, -0.05) is 0 Å². The molecule has 1 amide bonds.